The number of carbonyl (C=O) groups excluding carboxylic acids is 2. The number of ether oxygens (including phenoxy) is 3. The van der Waals surface area contributed by atoms with Gasteiger partial charge in [0.05, 0.1) is 42.3 Å². The Kier molecular flexibility index (Phi) is 10.3. The van der Waals surface area contributed by atoms with Gasteiger partial charge < -0.3 is 19.1 Å². The van der Waals surface area contributed by atoms with E-state index in [0.29, 0.717) is 29.8 Å². The number of aromatic nitrogens is 3. The second kappa shape index (κ2) is 13.8. The highest BCUT2D eigenvalue weighted by atomic mass is 19.4. The molecule has 0 bridgehead atoms. The number of benzene rings is 1. The highest BCUT2D eigenvalue weighted by Gasteiger charge is 2.42. The van der Waals surface area contributed by atoms with Gasteiger partial charge >= 0.3 is 24.4 Å². The fourth-order valence-corrected chi connectivity index (χ4v) is 5.13. The third-order valence-corrected chi connectivity index (χ3v) is 7.22. The van der Waals surface area contributed by atoms with Crippen LogP contribution in [0.15, 0.2) is 42.7 Å². The molecular weight excluding hydrogens is 624 g/mol. The molecule has 3 heterocycles. The van der Waals surface area contributed by atoms with Crippen LogP contribution in [-0.2, 0) is 39.8 Å². The van der Waals surface area contributed by atoms with Gasteiger partial charge in [0.1, 0.15) is 6.61 Å². The van der Waals surface area contributed by atoms with Gasteiger partial charge in [0.2, 0.25) is 11.8 Å². The molecule has 0 saturated heterocycles. The van der Waals surface area contributed by atoms with E-state index in [-0.39, 0.29) is 48.8 Å². The fourth-order valence-electron chi connectivity index (χ4n) is 5.13. The predicted octanol–water partition coefficient (Wildman–Crippen LogP) is 6.87. The molecule has 3 aromatic rings. The fraction of sp³-hybridized carbons (Fsp3) is 0.433. The van der Waals surface area contributed by atoms with E-state index in [4.69, 9.17) is 14.2 Å². The van der Waals surface area contributed by atoms with Crippen LogP contribution in [0.25, 0.3) is 0 Å². The first-order chi connectivity index (χ1) is 21.7. The molecule has 2 atom stereocenters. The van der Waals surface area contributed by atoms with Gasteiger partial charge in [0.15, 0.2) is 0 Å². The van der Waals surface area contributed by atoms with E-state index in [2.05, 4.69) is 15.0 Å². The Labute approximate surface area is 260 Å². The van der Waals surface area contributed by atoms with Gasteiger partial charge in [-0.15, -0.1) is 0 Å². The first kappa shape index (κ1) is 34.2. The van der Waals surface area contributed by atoms with Crippen molar-refractivity contribution in [2.75, 3.05) is 23.5 Å². The number of hydrogen-bond acceptors (Lipinski definition) is 9. The normalized spacial score (nSPS) is 16.4. The smallest absolute Gasteiger partial charge is 0.416 e. The molecule has 16 heteroatoms. The number of halogens is 6. The molecule has 46 heavy (non-hydrogen) atoms. The number of pyridine rings is 1. The highest BCUT2D eigenvalue weighted by Crippen LogP contribution is 2.44. The topological polar surface area (TPSA) is 107 Å². The van der Waals surface area contributed by atoms with E-state index < -0.39 is 54.2 Å². The largest absolute Gasteiger partial charge is 0.481 e. The van der Waals surface area contributed by atoms with E-state index in [1.165, 1.54) is 42.3 Å². The van der Waals surface area contributed by atoms with E-state index in [0.717, 1.165) is 0 Å². The first-order valence-corrected chi connectivity index (χ1v) is 14.2. The van der Waals surface area contributed by atoms with Crippen LogP contribution in [-0.4, -0.2) is 46.8 Å². The summed E-state index contributed by atoms with van der Waals surface area (Å²) in [5.41, 5.74) is -2.31. The summed E-state index contributed by atoms with van der Waals surface area (Å²) in [5, 5.41) is 0. The van der Waals surface area contributed by atoms with Crippen molar-refractivity contribution in [2.24, 2.45) is 0 Å². The van der Waals surface area contributed by atoms with E-state index in [9.17, 15) is 35.9 Å². The molecule has 10 nitrogen and oxygen atoms in total. The summed E-state index contributed by atoms with van der Waals surface area (Å²) in [6, 6.07) is 3.08. The van der Waals surface area contributed by atoms with Crippen molar-refractivity contribution >= 4 is 23.7 Å². The molecule has 1 amide bonds. The molecule has 1 aromatic carbocycles. The SMILES string of the molecule is CCOC(=O)N1c2ccc(OC)nc2C(N(Cc2cc(C(F)(F)F)cc(C(F)(F)F)c2)c2ncc(COC(C)=O)cn2)CC1CC. The Morgan fingerprint density at radius 2 is 1.59 bits per heavy atom. The van der Waals surface area contributed by atoms with Crippen molar-refractivity contribution < 1.29 is 50.1 Å². The van der Waals surface area contributed by atoms with Gasteiger partial charge in [-0.25, -0.2) is 19.7 Å². The van der Waals surface area contributed by atoms with Crippen molar-refractivity contribution in [3.63, 3.8) is 0 Å². The number of fused-ring (bicyclic) bond motifs is 1. The lowest BCUT2D eigenvalue weighted by Gasteiger charge is -2.43. The Bertz CT molecular complexity index is 1520. The quantitative estimate of drug-likeness (QED) is 0.180. The number of nitrogens with zero attached hydrogens (tertiary/aromatic N) is 5. The first-order valence-electron chi connectivity index (χ1n) is 14.2. The molecule has 0 N–H and O–H groups in total. The zero-order valence-corrected chi connectivity index (χ0v) is 25.3. The molecule has 0 radical (unpaired) electrons. The summed E-state index contributed by atoms with van der Waals surface area (Å²) in [6.45, 7) is 4.11. The zero-order valence-electron chi connectivity index (χ0n) is 25.3. The number of carbonyl (C=O) groups is 2. The third-order valence-electron chi connectivity index (χ3n) is 7.22. The van der Waals surface area contributed by atoms with Gasteiger partial charge in [-0.05, 0) is 49.6 Å². The number of hydrogen-bond donors (Lipinski definition) is 0. The Morgan fingerprint density at radius 1 is 0.957 bits per heavy atom. The lowest BCUT2D eigenvalue weighted by Crippen LogP contribution is -2.48. The van der Waals surface area contributed by atoms with Crippen LogP contribution in [0, 0.1) is 0 Å². The molecule has 2 unspecified atom stereocenters. The van der Waals surface area contributed by atoms with Crippen LogP contribution in [0.4, 0.5) is 42.8 Å². The molecule has 4 rings (SSSR count). The maximum atomic E-state index is 13.8. The molecule has 248 valence electrons. The molecular formula is C30H31F6N5O5. The third kappa shape index (κ3) is 7.77. The Hall–Kier alpha value is -4.63. The van der Waals surface area contributed by atoms with E-state index in [1.807, 2.05) is 6.92 Å². The molecule has 1 aliphatic rings. The van der Waals surface area contributed by atoms with Gasteiger partial charge in [-0.1, -0.05) is 6.92 Å². The van der Waals surface area contributed by atoms with Crippen molar-refractivity contribution in [1.82, 2.24) is 15.0 Å². The zero-order chi connectivity index (χ0) is 33.8. The molecule has 0 aliphatic carbocycles. The molecule has 0 spiro atoms. The average molecular weight is 656 g/mol. The molecule has 0 fully saturated rings. The number of amides is 1. The number of alkyl halides is 6. The molecule has 1 aliphatic heterocycles. The maximum Gasteiger partial charge on any atom is 0.416 e. The summed E-state index contributed by atoms with van der Waals surface area (Å²) in [7, 11) is 1.37. The molecule has 2 aromatic heterocycles. The Balaban J connectivity index is 1.90. The predicted molar refractivity (Wildman–Crippen MR) is 152 cm³/mol. The van der Waals surface area contributed by atoms with Crippen molar-refractivity contribution in [3.8, 4) is 5.88 Å². The van der Waals surface area contributed by atoms with Crippen LogP contribution in [0.1, 0.15) is 67.6 Å². The standard InChI is InChI=1S/C30H31F6N5O5/c1-5-22-12-24(26-23(7-8-25(39-26)44-4)41(22)28(43)45-6-2)40(27-37-13-19(14-38-27)16-46-17(3)42)15-18-9-20(29(31,32)33)11-21(10-18)30(34,35)36/h7-11,13-14,22,24H,5-6,12,15-16H2,1-4H3. The number of esters is 1. The second-order valence-corrected chi connectivity index (χ2v) is 10.4. The second-order valence-electron chi connectivity index (χ2n) is 10.4. The Morgan fingerprint density at radius 3 is 2.11 bits per heavy atom. The van der Waals surface area contributed by atoms with Crippen LogP contribution in [0.5, 0.6) is 5.88 Å². The minimum atomic E-state index is -5.06. The number of rotatable bonds is 9. The van der Waals surface area contributed by atoms with Gasteiger partial charge in [0, 0.05) is 43.5 Å². The summed E-state index contributed by atoms with van der Waals surface area (Å²) in [6.07, 6.45) is -7.56. The summed E-state index contributed by atoms with van der Waals surface area (Å²) in [4.78, 5) is 40.4. The van der Waals surface area contributed by atoms with Crippen molar-refractivity contribution in [3.05, 3.63) is 70.7 Å². The van der Waals surface area contributed by atoms with Gasteiger partial charge in [0.25, 0.3) is 0 Å². The highest BCUT2D eigenvalue weighted by molar-refractivity contribution is 5.90. The van der Waals surface area contributed by atoms with Crippen LogP contribution in [0.3, 0.4) is 0 Å². The maximum absolute atomic E-state index is 13.8. The van der Waals surface area contributed by atoms with Crippen molar-refractivity contribution in [2.45, 2.75) is 71.2 Å². The minimum absolute atomic E-state index is 0.0564. The lowest BCUT2D eigenvalue weighted by atomic mass is 9.92. The minimum Gasteiger partial charge on any atom is -0.481 e. The average Bonchev–Trinajstić information content (AvgIpc) is 3.01. The van der Waals surface area contributed by atoms with Crippen LogP contribution >= 0.6 is 0 Å². The van der Waals surface area contributed by atoms with Gasteiger partial charge in [-0.3, -0.25) is 9.69 Å². The van der Waals surface area contributed by atoms with Gasteiger partial charge in [-0.2, -0.15) is 26.3 Å². The lowest BCUT2D eigenvalue weighted by molar-refractivity contribution is -0.144. The molecule has 0 saturated carbocycles. The summed E-state index contributed by atoms with van der Waals surface area (Å²) < 4.78 is 98.2. The van der Waals surface area contributed by atoms with E-state index >= 15 is 0 Å². The van der Waals surface area contributed by atoms with Crippen LogP contribution < -0.4 is 14.5 Å². The van der Waals surface area contributed by atoms with Crippen molar-refractivity contribution in [1.29, 1.82) is 0 Å². The number of anilines is 2. The summed E-state index contributed by atoms with van der Waals surface area (Å²) in [5.74, 6) is -0.456. The monoisotopic (exact) mass is 655 g/mol. The van der Waals surface area contributed by atoms with Crippen LogP contribution in [0.2, 0.25) is 0 Å². The number of methoxy groups -OCH3 is 1. The summed E-state index contributed by atoms with van der Waals surface area (Å²) >= 11 is 0. The van der Waals surface area contributed by atoms with E-state index in [1.54, 1.807) is 13.0 Å².